The summed E-state index contributed by atoms with van der Waals surface area (Å²) in [6, 6.07) is 26.2. The van der Waals surface area contributed by atoms with E-state index in [4.69, 9.17) is 4.74 Å². The van der Waals surface area contributed by atoms with Gasteiger partial charge in [-0.25, -0.2) is 0 Å². The van der Waals surface area contributed by atoms with Crippen molar-refractivity contribution in [3.63, 3.8) is 0 Å². The summed E-state index contributed by atoms with van der Waals surface area (Å²) < 4.78 is 24.2. The predicted octanol–water partition coefficient (Wildman–Crippen LogP) is 6.98. The van der Waals surface area contributed by atoms with Crippen molar-refractivity contribution in [1.82, 2.24) is 15.0 Å². The Morgan fingerprint density at radius 3 is 2.56 bits per heavy atom. The van der Waals surface area contributed by atoms with E-state index < -0.39 is 8.41 Å². The van der Waals surface area contributed by atoms with Crippen molar-refractivity contribution >= 4 is 25.7 Å². The molecule has 6 rings (SSSR count). The Morgan fingerprint density at radius 2 is 1.78 bits per heavy atom. The van der Waals surface area contributed by atoms with Crippen LogP contribution in [0.15, 0.2) is 85.1 Å². The van der Waals surface area contributed by atoms with E-state index in [1.165, 1.54) is 5.56 Å². The van der Waals surface area contributed by atoms with Gasteiger partial charge in [0.15, 0.2) is 0 Å². The summed E-state index contributed by atoms with van der Waals surface area (Å²) in [5.74, 6) is -0.0206. The van der Waals surface area contributed by atoms with Crippen LogP contribution in [0.5, 0.6) is 0 Å². The number of aliphatic hydroxyl groups is 1. The number of ether oxygens (including phenoxy) is 1. The SMILES string of the molecule is C[C@H]1[C@H]([Si](C)(C)F)[C@@H](CCn2cc(C(CO)c3ccccc3)nn2)O[C@H]1CCc1cccc(N2C(=O)CCc3ccccc32)c1. The summed E-state index contributed by atoms with van der Waals surface area (Å²) >= 11 is 0. The van der Waals surface area contributed by atoms with E-state index in [2.05, 4.69) is 35.4 Å². The average molecular weight is 627 g/mol. The van der Waals surface area contributed by atoms with Crippen LogP contribution in [0.3, 0.4) is 0 Å². The number of hydrogen-bond acceptors (Lipinski definition) is 5. The third-order valence-electron chi connectivity index (χ3n) is 9.61. The summed E-state index contributed by atoms with van der Waals surface area (Å²) in [5.41, 5.74) is 5.78. The maximum Gasteiger partial charge on any atom is 0.246 e. The van der Waals surface area contributed by atoms with Gasteiger partial charge in [-0.1, -0.05) is 72.8 Å². The minimum Gasteiger partial charge on any atom is -0.395 e. The molecule has 0 bridgehead atoms. The molecule has 1 fully saturated rings. The van der Waals surface area contributed by atoms with Gasteiger partial charge in [0.25, 0.3) is 0 Å². The lowest BCUT2D eigenvalue weighted by atomic mass is 9.94. The Kier molecular flexibility index (Phi) is 9.30. The van der Waals surface area contributed by atoms with Crippen molar-refractivity contribution in [2.75, 3.05) is 11.5 Å². The molecule has 7 nitrogen and oxygen atoms in total. The van der Waals surface area contributed by atoms with Crippen LogP contribution in [0.4, 0.5) is 15.5 Å². The van der Waals surface area contributed by atoms with Gasteiger partial charge in [0.1, 0.15) is 0 Å². The first kappa shape index (κ1) is 31.3. The van der Waals surface area contributed by atoms with E-state index >= 15 is 4.11 Å². The number of anilines is 2. The Morgan fingerprint density at radius 1 is 1.00 bits per heavy atom. The molecule has 1 unspecified atom stereocenters. The van der Waals surface area contributed by atoms with Crippen LogP contribution in [0, 0.1) is 5.92 Å². The van der Waals surface area contributed by atoms with E-state index in [1.54, 1.807) is 17.8 Å². The second-order valence-electron chi connectivity index (χ2n) is 13.1. The average Bonchev–Trinajstić information content (AvgIpc) is 3.63. The fourth-order valence-electron chi connectivity index (χ4n) is 7.42. The Labute approximate surface area is 266 Å². The van der Waals surface area contributed by atoms with E-state index in [0.717, 1.165) is 47.5 Å². The lowest BCUT2D eigenvalue weighted by Crippen LogP contribution is -2.36. The maximum absolute atomic E-state index is 15.8. The molecule has 1 saturated heterocycles. The smallest absolute Gasteiger partial charge is 0.246 e. The monoisotopic (exact) mass is 626 g/mol. The fourth-order valence-corrected chi connectivity index (χ4v) is 10.0. The number of halogens is 1. The number of rotatable bonds is 11. The van der Waals surface area contributed by atoms with Gasteiger partial charge in [-0.05, 0) is 79.6 Å². The molecular formula is C36H43FN4O3Si. The van der Waals surface area contributed by atoms with Crippen LogP contribution in [0.2, 0.25) is 18.6 Å². The van der Waals surface area contributed by atoms with Gasteiger partial charge in [0.05, 0.1) is 36.1 Å². The van der Waals surface area contributed by atoms with E-state index in [9.17, 15) is 9.90 Å². The molecule has 1 N–H and O–H groups in total. The number of para-hydroxylation sites is 1. The number of aryl methyl sites for hydroxylation is 3. The largest absolute Gasteiger partial charge is 0.395 e. The van der Waals surface area contributed by atoms with Gasteiger partial charge >= 0.3 is 0 Å². The van der Waals surface area contributed by atoms with Gasteiger partial charge in [-0.3, -0.25) is 14.4 Å². The summed E-state index contributed by atoms with van der Waals surface area (Å²) in [6.45, 7) is 6.25. The summed E-state index contributed by atoms with van der Waals surface area (Å²) in [4.78, 5) is 14.8. The lowest BCUT2D eigenvalue weighted by molar-refractivity contribution is -0.118. The number of fused-ring (bicyclic) bond motifs is 1. The van der Waals surface area contributed by atoms with Crippen molar-refractivity contribution in [2.24, 2.45) is 5.92 Å². The fraction of sp³-hybridized carbons (Fsp3) is 0.417. The van der Waals surface area contributed by atoms with Crippen LogP contribution >= 0.6 is 0 Å². The topological polar surface area (TPSA) is 80.5 Å². The minimum atomic E-state index is -3.02. The molecule has 0 radical (unpaired) electrons. The first-order valence-electron chi connectivity index (χ1n) is 16.1. The zero-order valence-corrected chi connectivity index (χ0v) is 27.3. The molecule has 0 spiro atoms. The zero-order chi connectivity index (χ0) is 31.6. The second-order valence-corrected chi connectivity index (χ2v) is 16.9. The number of carbonyl (C=O) groups excluding carboxylic acids is 1. The highest BCUT2D eigenvalue weighted by Crippen LogP contribution is 2.47. The number of aliphatic hydroxyl groups excluding tert-OH is 1. The highest BCUT2D eigenvalue weighted by molar-refractivity contribution is 6.72. The molecule has 3 heterocycles. The summed E-state index contributed by atoms with van der Waals surface area (Å²) in [6.07, 6.45) is 5.14. The highest BCUT2D eigenvalue weighted by Gasteiger charge is 2.50. The van der Waals surface area contributed by atoms with Gasteiger partial charge in [0.2, 0.25) is 14.3 Å². The third-order valence-corrected chi connectivity index (χ3v) is 12.1. The second kappa shape index (κ2) is 13.4. The molecule has 0 aliphatic carbocycles. The molecule has 236 valence electrons. The normalized spacial score (nSPS) is 22.4. The standard InChI is InChI=1S/C36H43FN4O3Si/c1-25-33(18-16-26-10-9-14-29(22-26)41-32-15-8-7-13-28(32)17-19-35(41)43)44-34(36(25)45(2,3)37)20-21-40-23-31(38-39-40)30(24-42)27-11-5-4-6-12-27/h4-15,22-23,25,30,33-34,36,42H,16-21,24H2,1-3H3/t25-,30?,33+,34-,36+/m1/s1. The maximum atomic E-state index is 15.8. The quantitative estimate of drug-likeness (QED) is 0.144. The van der Waals surface area contributed by atoms with Crippen LogP contribution in [0.1, 0.15) is 54.5 Å². The van der Waals surface area contributed by atoms with E-state index in [-0.39, 0.29) is 42.1 Å². The number of amides is 1. The third kappa shape index (κ3) is 6.81. The number of hydrogen-bond donors (Lipinski definition) is 1. The molecule has 4 aromatic rings. The van der Waals surface area contributed by atoms with Crippen LogP contribution in [-0.4, -0.2) is 53.2 Å². The van der Waals surface area contributed by atoms with Crippen LogP contribution < -0.4 is 4.90 Å². The highest BCUT2D eigenvalue weighted by atomic mass is 28.4. The van der Waals surface area contributed by atoms with Crippen molar-refractivity contribution in [3.05, 3.63) is 107 Å². The summed E-state index contributed by atoms with van der Waals surface area (Å²) in [7, 11) is -3.02. The van der Waals surface area contributed by atoms with Crippen molar-refractivity contribution in [2.45, 2.75) is 82.3 Å². The van der Waals surface area contributed by atoms with Crippen LogP contribution in [0.25, 0.3) is 0 Å². The molecule has 1 aromatic heterocycles. The molecule has 3 aromatic carbocycles. The van der Waals surface area contributed by atoms with E-state index in [0.29, 0.717) is 19.4 Å². The molecule has 0 saturated carbocycles. The van der Waals surface area contributed by atoms with Crippen molar-refractivity contribution in [1.29, 1.82) is 0 Å². The van der Waals surface area contributed by atoms with Crippen molar-refractivity contribution < 1.29 is 18.7 Å². The van der Waals surface area contributed by atoms with Gasteiger partial charge in [0, 0.05) is 30.4 Å². The summed E-state index contributed by atoms with van der Waals surface area (Å²) in [5, 5.41) is 18.7. The Hall–Kier alpha value is -3.66. The Bertz CT molecular complexity index is 1610. The molecular weight excluding hydrogens is 584 g/mol. The molecule has 5 atom stereocenters. The first-order chi connectivity index (χ1) is 21.7. The number of carbonyl (C=O) groups is 1. The van der Waals surface area contributed by atoms with Gasteiger partial charge < -0.3 is 14.0 Å². The number of nitrogens with zero attached hydrogens (tertiary/aromatic N) is 4. The minimum absolute atomic E-state index is 0.0494. The molecule has 45 heavy (non-hydrogen) atoms. The lowest BCUT2D eigenvalue weighted by Gasteiger charge is -2.30. The first-order valence-corrected chi connectivity index (χ1v) is 19.1. The number of benzene rings is 3. The zero-order valence-electron chi connectivity index (χ0n) is 26.3. The Balaban J connectivity index is 1.12. The molecule has 2 aliphatic heterocycles. The number of aromatic nitrogens is 3. The van der Waals surface area contributed by atoms with Gasteiger partial charge in [-0.15, -0.1) is 5.10 Å². The van der Waals surface area contributed by atoms with Gasteiger partial charge in [-0.2, -0.15) is 0 Å². The van der Waals surface area contributed by atoms with Crippen molar-refractivity contribution in [3.8, 4) is 0 Å². The predicted molar refractivity (Wildman–Crippen MR) is 177 cm³/mol. The molecule has 1 amide bonds. The van der Waals surface area contributed by atoms with Crippen LogP contribution in [-0.2, 0) is 28.9 Å². The van der Waals surface area contributed by atoms with E-state index in [1.807, 2.05) is 71.8 Å². The molecule has 2 aliphatic rings. The molecule has 9 heteroatoms.